The molecule has 0 fully saturated rings. The zero-order valence-electron chi connectivity index (χ0n) is 10.6. The molecule has 2 N–H and O–H groups in total. The van der Waals surface area contributed by atoms with Crippen LogP contribution in [0.15, 0.2) is 47.4 Å². The average Bonchev–Trinajstić information content (AvgIpc) is 2.46. The molecule has 0 unspecified atom stereocenters. The molecule has 2 rings (SSSR count). The maximum Gasteiger partial charge on any atom is 0.262 e. The van der Waals surface area contributed by atoms with E-state index in [4.69, 9.17) is 10.5 Å². The lowest BCUT2D eigenvalue weighted by Crippen LogP contribution is -2.13. The van der Waals surface area contributed by atoms with E-state index in [0.717, 1.165) is 6.07 Å². The van der Waals surface area contributed by atoms with Crippen LogP contribution in [0.25, 0.3) is 0 Å². The van der Waals surface area contributed by atoms with Gasteiger partial charge in [-0.3, -0.25) is 4.72 Å². The molecule has 0 saturated carbocycles. The van der Waals surface area contributed by atoms with Crippen LogP contribution < -0.4 is 4.72 Å². The molecular formula is C14H9N3O3S. The van der Waals surface area contributed by atoms with Gasteiger partial charge < -0.3 is 5.11 Å². The molecule has 0 aliphatic heterocycles. The molecule has 6 nitrogen and oxygen atoms in total. The van der Waals surface area contributed by atoms with E-state index in [1.807, 2.05) is 12.1 Å². The van der Waals surface area contributed by atoms with E-state index >= 15 is 0 Å². The van der Waals surface area contributed by atoms with Crippen molar-refractivity contribution in [2.45, 2.75) is 4.90 Å². The summed E-state index contributed by atoms with van der Waals surface area (Å²) >= 11 is 0. The molecule has 2 aromatic rings. The van der Waals surface area contributed by atoms with Crippen LogP contribution in [-0.4, -0.2) is 13.5 Å². The highest BCUT2D eigenvalue weighted by atomic mass is 32.2. The first-order chi connectivity index (χ1) is 9.96. The van der Waals surface area contributed by atoms with Gasteiger partial charge in [0.25, 0.3) is 10.0 Å². The molecule has 0 saturated heterocycles. The third kappa shape index (κ3) is 3.11. The molecule has 0 aromatic heterocycles. The zero-order chi connectivity index (χ0) is 15.5. The fraction of sp³-hybridized carbons (Fsp3) is 0. The monoisotopic (exact) mass is 299 g/mol. The summed E-state index contributed by atoms with van der Waals surface area (Å²) in [5, 5.41) is 27.0. The zero-order valence-corrected chi connectivity index (χ0v) is 11.4. The number of rotatable bonds is 3. The number of nitrogens with zero attached hydrogens (tertiary/aromatic N) is 2. The first-order valence-electron chi connectivity index (χ1n) is 5.72. The summed E-state index contributed by atoms with van der Waals surface area (Å²) in [6.45, 7) is 0. The van der Waals surface area contributed by atoms with Crippen molar-refractivity contribution in [1.82, 2.24) is 0 Å². The van der Waals surface area contributed by atoms with Gasteiger partial charge in [0.15, 0.2) is 0 Å². The minimum Gasteiger partial charge on any atom is -0.508 e. The Morgan fingerprint density at radius 2 is 1.71 bits per heavy atom. The van der Waals surface area contributed by atoms with Gasteiger partial charge in [0.1, 0.15) is 17.9 Å². The normalized spacial score (nSPS) is 10.4. The molecule has 0 heterocycles. The van der Waals surface area contributed by atoms with E-state index in [2.05, 4.69) is 4.72 Å². The lowest BCUT2D eigenvalue weighted by Gasteiger charge is -2.09. The number of nitriles is 2. The molecular weight excluding hydrogens is 290 g/mol. The summed E-state index contributed by atoms with van der Waals surface area (Å²) in [4.78, 5) is -0.106. The molecule has 104 valence electrons. The van der Waals surface area contributed by atoms with Crippen LogP contribution in [0.5, 0.6) is 5.75 Å². The second-order valence-corrected chi connectivity index (χ2v) is 5.77. The Kier molecular flexibility index (Phi) is 3.79. The Bertz CT molecular complexity index is 877. The van der Waals surface area contributed by atoms with Gasteiger partial charge in [-0.2, -0.15) is 10.5 Å². The van der Waals surface area contributed by atoms with Crippen molar-refractivity contribution in [1.29, 1.82) is 10.5 Å². The van der Waals surface area contributed by atoms with Crippen LogP contribution in [0, 0.1) is 22.7 Å². The summed E-state index contributed by atoms with van der Waals surface area (Å²) in [7, 11) is -3.88. The number of anilines is 1. The summed E-state index contributed by atoms with van der Waals surface area (Å²) in [5.74, 6) is -0.171. The second kappa shape index (κ2) is 5.53. The Balaban J connectivity index is 2.38. The van der Waals surface area contributed by atoms with Crippen LogP contribution in [0.1, 0.15) is 11.1 Å². The molecule has 0 atom stereocenters. The number of benzene rings is 2. The molecule has 0 aliphatic carbocycles. The van der Waals surface area contributed by atoms with E-state index in [0.29, 0.717) is 0 Å². The third-order valence-corrected chi connectivity index (χ3v) is 4.02. The number of hydrogen-bond donors (Lipinski definition) is 2. The van der Waals surface area contributed by atoms with Crippen LogP contribution >= 0.6 is 0 Å². The Morgan fingerprint density at radius 3 is 2.33 bits per heavy atom. The standard InChI is InChI=1S/C14H9N3O3S/c15-8-10-4-5-12(6-11(10)9-16)17-21(19,20)14-3-1-2-13(18)7-14/h1-7,17-18H. The largest absolute Gasteiger partial charge is 0.508 e. The van der Waals surface area contributed by atoms with Crippen molar-refractivity contribution < 1.29 is 13.5 Å². The molecule has 2 aromatic carbocycles. The van der Waals surface area contributed by atoms with E-state index in [9.17, 15) is 13.5 Å². The first kappa shape index (κ1) is 14.4. The highest BCUT2D eigenvalue weighted by Crippen LogP contribution is 2.21. The SMILES string of the molecule is N#Cc1ccc(NS(=O)(=O)c2cccc(O)c2)cc1C#N. The quantitative estimate of drug-likeness (QED) is 0.898. The van der Waals surface area contributed by atoms with Gasteiger partial charge >= 0.3 is 0 Å². The van der Waals surface area contributed by atoms with Crippen molar-refractivity contribution in [3.8, 4) is 17.9 Å². The van der Waals surface area contributed by atoms with Crippen LogP contribution in [0.3, 0.4) is 0 Å². The Hall–Kier alpha value is -3.03. The highest BCUT2D eigenvalue weighted by molar-refractivity contribution is 7.92. The van der Waals surface area contributed by atoms with E-state index in [-0.39, 0.29) is 27.5 Å². The summed E-state index contributed by atoms with van der Waals surface area (Å²) < 4.78 is 26.6. The fourth-order valence-electron chi connectivity index (χ4n) is 1.66. The molecule has 0 amide bonds. The van der Waals surface area contributed by atoms with E-state index in [1.54, 1.807) is 0 Å². The number of nitrogens with one attached hydrogen (secondary N) is 1. The van der Waals surface area contributed by atoms with Crippen molar-refractivity contribution in [2.24, 2.45) is 0 Å². The maximum absolute atomic E-state index is 12.1. The molecule has 0 radical (unpaired) electrons. The topological polar surface area (TPSA) is 114 Å². The average molecular weight is 299 g/mol. The highest BCUT2D eigenvalue weighted by Gasteiger charge is 2.15. The summed E-state index contributed by atoms with van der Waals surface area (Å²) in [5.41, 5.74) is 0.403. The van der Waals surface area contributed by atoms with Crippen molar-refractivity contribution in [3.05, 3.63) is 53.6 Å². The predicted octanol–water partition coefficient (Wildman–Crippen LogP) is 1.94. The molecule has 21 heavy (non-hydrogen) atoms. The summed E-state index contributed by atoms with van der Waals surface area (Å²) in [6, 6.07) is 12.9. The second-order valence-electron chi connectivity index (χ2n) is 4.09. The fourth-order valence-corrected chi connectivity index (χ4v) is 2.75. The first-order valence-corrected chi connectivity index (χ1v) is 7.20. The lowest BCUT2D eigenvalue weighted by atomic mass is 10.1. The summed E-state index contributed by atoms with van der Waals surface area (Å²) in [6.07, 6.45) is 0. The number of aromatic hydroxyl groups is 1. The smallest absolute Gasteiger partial charge is 0.262 e. The Morgan fingerprint density at radius 1 is 1.00 bits per heavy atom. The van der Waals surface area contributed by atoms with Gasteiger partial charge in [0, 0.05) is 6.07 Å². The molecule has 0 aliphatic rings. The van der Waals surface area contributed by atoms with Gasteiger partial charge in [-0.25, -0.2) is 8.42 Å². The van der Waals surface area contributed by atoms with Gasteiger partial charge in [0.05, 0.1) is 21.7 Å². The maximum atomic E-state index is 12.1. The third-order valence-electron chi connectivity index (χ3n) is 2.64. The number of phenols is 1. The van der Waals surface area contributed by atoms with Gasteiger partial charge in [0.2, 0.25) is 0 Å². The minimum absolute atomic E-state index is 0.0774. The van der Waals surface area contributed by atoms with Gasteiger partial charge in [-0.05, 0) is 30.3 Å². The minimum atomic E-state index is -3.88. The predicted molar refractivity (Wildman–Crippen MR) is 74.8 cm³/mol. The van der Waals surface area contributed by atoms with Crippen molar-refractivity contribution in [2.75, 3.05) is 4.72 Å². The molecule has 0 spiro atoms. The molecule has 7 heteroatoms. The van der Waals surface area contributed by atoms with Gasteiger partial charge in [-0.1, -0.05) is 6.07 Å². The van der Waals surface area contributed by atoms with Crippen molar-refractivity contribution >= 4 is 15.7 Å². The van der Waals surface area contributed by atoms with E-state index < -0.39 is 10.0 Å². The van der Waals surface area contributed by atoms with Crippen molar-refractivity contribution in [3.63, 3.8) is 0 Å². The number of hydrogen-bond acceptors (Lipinski definition) is 5. The molecule has 0 bridgehead atoms. The van der Waals surface area contributed by atoms with E-state index in [1.165, 1.54) is 36.4 Å². The lowest BCUT2D eigenvalue weighted by molar-refractivity contribution is 0.473. The van der Waals surface area contributed by atoms with Crippen LogP contribution in [-0.2, 0) is 10.0 Å². The number of phenolic OH excluding ortho intramolecular Hbond substituents is 1. The van der Waals surface area contributed by atoms with Crippen LogP contribution in [0.4, 0.5) is 5.69 Å². The van der Waals surface area contributed by atoms with Gasteiger partial charge in [-0.15, -0.1) is 0 Å². The Labute approximate surface area is 121 Å². The van der Waals surface area contributed by atoms with Crippen LogP contribution in [0.2, 0.25) is 0 Å². The number of sulfonamides is 1.